The van der Waals surface area contributed by atoms with Gasteiger partial charge in [0, 0.05) is 10.7 Å². The number of nitrogens with zero attached hydrogens (tertiary/aromatic N) is 1. The molecule has 2 rings (SSSR count). The Morgan fingerprint density at radius 1 is 1.24 bits per heavy atom. The van der Waals surface area contributed by atoms with E-state index in [0.29, 0.717) is 5.02 Å². The molecule has 0 aliphatic heterocycles. The van der Waals surface area contributed by atoms with Crippen LogP contribution in [0.5, 0.6) is 0 Å². The number of carboxylic acid groups (broad SMARTS) is 1. The van der Waals surface area contributed by atoms with Crippen LogP contribution in [0.25, 0.3) is 0 Å². The summed E-state index contributed by atoms with van der Waals surface area (Å²) in [5.41, 5.74) is 3.05. The molecule has 0 aliphatic carbocycles. The van der Waals surface area contributed by atoms with Crippen LogP contribution in [0.1, 0.15) is 24.1 Å². The number of hydrogen-bond acceptors (Lipinski definition) is 2. The maximum atomic E-state index is 11.2. The monoisotopic (exact) mass is 303 g/mol. The minimum atomic E-state index is -0.867. The predicted molar refractivity (Wildman–Crippen MR) is 86.0 cm³/mol. The number of aryl methyl sites for hydroxylation is 1. The molecule has 0 saturated heterocycles. The van der Waals surface area contributed by atoms with E-state index in [1.165, 1.54) is 5.56 Å². The maximum absolute atomic E-state index is 11.2. The highest BCUT2D eigenvalue weighted by atomic mass is 35.5. The molecule has 4 heteroatoms. The highest BCUT2D eigenvalue weighted by molar-refractivity contribution is 6.30. The van der Waals surface area contributed by atoms with E-state index < -0.39 is 5.97 Å². The highest BCUT2D eigenvalue weighted by Crippen LogP contribution is 2.28. The van der Waals surface area contributed by atoms with Gasteiger partial charge in [-0.15, -0.1) is 0 Å². The number of anilines is 1. The zero-order chi connectivity index (χ0) is 15.4. The largest absolute Gasteiger partial charge is 0.480 e. The van der Waals surface area contributed by atoms with Crippen molar-refractivity contribution in [2.45, 2.75) is 19.9 Å². The summed E-state index contributed by atoms with van der Waals surface area (Å²) >= 11 is 6.02. The van der Waals surface area contributed by atoms with Gasteiger partial charge in [0.1, 0.15) is 6.54 Å². The fraction of sp³-hybridized carbons (Fsp3) is 0.235. The van der Waals surface area contributed by atoms with Crippen molar-refractivity contribution in [1.82, 2.24) is 0 Å². The molecule has 1 atom stereocenters. The normalized spacial score (nSPS) is 12.0. The summed E-state index contributed by atoms with van der Waals surface area (Å²) in [5.74, 6) is -0.867. The van der Waals surface area contributed by atoms with Gasteiger partial charge in [-0.05, 0) is 37.6 Å². The molecule has 2 aromatic rings. The number of aliphatic carboxylic acids is 1. The first-order chi connectivity index (χ1) is 9.97. The van der Waals surface area contributed by atoms with Crippen molar-refractivity contribution in [3.8, 4) is 0 Å². The van der Waals surface area contributed by atoms with Gasteiger partial charge in [0.25, 0.3) is 0 Å². The van der Waals surface area contributed by atoms with Gasteiger partial charge in [0.05, 0.1) is 6.04 Å². The molecule has 0 bridgehead atoms. The summed E-state index contributed by atoms with van der Waals surface area (Å²) in [6.07, 6.45) is 0. The number of rotatable bonds is 5. The van der Waals surface area contributed by atoms with Crippen LogP contribution < -0.4 is 4.90 Å². The first kappa shape index (κ1) is 15.4. The Balaban J connectivity index is 2.35. The summed E-state index contributed by atoms with van der Waals surface area (Å²) in [4.78, 5) is 13.0. The van der Waals surface area contributed by atoms with E-state index in [4.69, 9.17) is 11.6 Å². The zero-order valence-electron chi connectivity index (χ0n) is 12.1. The van der Waals surface area contributed by atoms with Crippen molar-refractivity contribution in [2.75, 3.05) is 11.4 Å². The smallest absolute Gasteiger partial charge is 0.323 e. The van der Waals surface area contributed by atoms with Crippen molar-refractivity contribution in [3.63, 3.8) is 0 Å². The molecule has 0 amide bonds. The van der Waals surface area contributed by atoms with Crippen LogP contribution in [0.15, 0.2) is 48.5 Å². The lowest BCUT2D eigenvalue weighted by Gasteiger charge is -2.30. The van der Waals surface area contributed by atoms with Gasteiger partial charge in [-0.1, -0.05) is 47.5 Å². The van der Waals surface area contributed by atoms with E-state index in [0.717, 1.165) is 11.3 Å². The van der Waals surface area contributed by atoms with Gasteiger partial charge < -0.3 is 10.0 Å². The van der Waals surface area contributed by atoms with Crippen LogP contribution in [0.2, 0.25) is 5.02 Å². The second-order valence-electron chi connectivity index (χ2n) is 5.09. The third kappa shape index (κ3) is 3.99. The molecule has 1 unspecified atom stereocenters. The predicted octanol–water partition coefficient (Wildman–Crippen LogP) is 4.30. The summed E-state index contributed by atoms with van der Waals surface area (Å²) in [6.45, 7) is 3.95. The average molecular weight is 304 g/mol. The second kappa shape index (κ2) is 6.64. The topological polar surface area (TPSA) is 40.5 Å². The van der Waals surface area contributed by atoms with Crippen molar-refractivity contribution in [3.05, 3.63) is 64.7 Å². The Labute approximate surface area is 129 Å². The number of carboxylic acids is 1. The summed E-state index contributed by atoms with van der Waals surface area (Å²) < 4.78 is 0. The van der Waals surface area contributed by atoms with Crippen LogP contribution in [-0.2, 0) is 4.79 Å². The zero-order valence-corrected chi connectivity index (χ0v) is 12.8. The lowest BCUT2D eigenvalue weighted by Crippen LogP contribution is -2.32. The standard InChI is InChI=1S/C17H18ClNO2/c1-12-6-8-14(9-7-12)13(2)19(11-17(20)21)16-5-3-4-15(18)10-16/h3-10,13H,11H2,1-2H3,(H,20,21). The third-order valence-electron chi connectivity index (χ3n) is 3.47. The van der Waals surface area contributed by atoms with E-state index in [1.807, 2.05) is 55.1 Å². The van der Waals surface area contributed by atoms with Crippen molar-refractivity contribution >= 4 is 23.3 Å². The Bertz CT molecular complexity index is 625. The fourth-order valence-corrected chi connectivity index (χ4v) is 2.46. The molecule has 21 heavy (non-hydrogen) atoms. The average Bonchev–Trinajstić information content (AvgIpc) is 2.44. The number of halogens is 1. The van der Waals surface area contributed by atoms with Gasteiger partial charge in [0.15, 0.2) is 0 Å². The van der Waals surface area contributed by atoms with Crippen LogP contribution in [-0.4, -0.2) is 17.6 Å². The van der Waals surface area contributed by atoms with Gasteiger partial charge >= 0.3 is 5.97 Å². The Morgan fingerprint density at radius 3 is 2.48 bits per heavy atom. The minimum absolute atomic E-state index is 0.0554. The molecule has 2 aromatic carbocycles. The quantitative estimate of drug-likeness (QED) is 0.895. The molecule has 0 radical (unpaired) electrons. The first-order valence-corrected chi connectivity index (χ1v) is 7.16. The van der Waals surface area contributed by atoms with E-state index in [1.54, 1.807) is 12.1 Å². The fourth-order valence-electron chi connectivity index (χ4n) is 2.28. The molecule has 3 nitrogen and oxygen atoms in total. The highest BCUT2D eigenvalue weighted by Gasteiger charge is 2.19. The molecule has 0 aliphatic rings. The Hall–Kier alpha value is -2.00. The first-order valence-electron chi connectivity index (χ1n) is 6.78. The van der Waals surface area contributed by atoms with Crippen molar-refractivity contribution < 1.29 is 9.90 Å². The molecule has 0 fully saturated rings. The lowest BCUT2D eigenvalue weighted by atomic mass is 10.0. The molecular formula is C17H18ClNO2. The summed E-state index contributed by atoms with van der Waals surface area (Å²) in [5, 5.41) is 9.78. The van der Waals surface area contributed by atoms with Gasteiger partial charge in [-0.25, -0.2) is 0 Å². The van der Waals surface area contributed by atoms with Gasteiger partial charge in [0.2, 0.25) is 0 Å². The second-order valence-corrected chi connectivity index (χ2v) is 5.52. The lowest BCUT2D eigenvalue weighted by molar-refractivity contribution is -0.135. The van der Waals surface area contributed by atoms with E-state index in [-0.39, 0.29) is 12.6 Å². The molecule has 0 aromatic heterocycles. The number of carbonyl (C=O) groups is 1. The van der Waals surface area contributed by atoms with Crippen LogP contribution in [0.3, 0.4) is 0 Å². The molecule has 0 saturated carbocycles. The Kier molecular flexibility index (Phi) is 4.86. The molecule has 110 valence electrons. The SMILES string of the molecule is Cc1ccc(C(C)N(CC(=O)O)c2cccc(Cl)c2)cc1. The van der Waals surface area contributed by atoms with Gasteiger partial charge in [-0.3, -0.25) is 4.79 Å². The van der Waals surface area contributed by atoms with Crippen LogP contribution in [0, 0.1) is 6.92 Å². The maximum Gasteiger partial charge on any atom is 0.323 e. The number of hydrogen-bond donors (Lipinski definition) is 1. The number of benzene rings is 2. The van der Waals surface area contributed by atoms with E-state index in [9.17, 15) is 9.90 Å². The molecule has 0 heterocycles. The molecular weight excluding hydrogens is 286 g/mol. The van der Waals surface area contributed by atoms with Crippen molar-refractivity contribution in [1.29, 1.82) is 0 Å². The Morgan fingerprint density at radius 2 is 1.90 bits per heavy atom. The van der Waals surface area contributed by atoms with Gasteiger partial charge in [-0.2, -0.15) is 0 Å². The van der Waals surface area contributed by atoms with Crippen molar-refractivity contribution in [2.24, 2.45) is 0 Å². The third-order valence-corrected chi connectivity index (χ3v) is 3.71. The molecule has 0 spiro atoms. The van der Waals surface area contributed by atoms with E-state index >= 15 is 0 Å². The van der Waals surface area contributed by atoms with Crippen LogP contribution in [0.4, 0.5) is 5.69 Å². The molecule has 1 N–H and O–H groups in total. The minimum Gasteiger partial charge on any atom is -0.480 e. The van der Waals surface area contributed by atoms with Crippen LogP contribution >= 0.6 is 11.6 Å². The summed E-state index contributed by atoms with van der Waals surface area (Å²) in [7, 11) is 0. The summed E-state index contributed by atoms with van der Waals surface area (Å²) in [6, 6.07) is 15.3. The van der Waals surface area contributed by atoms with E-state index in [2.05, 4.69) is 0 Å².